The van der Waals surface area contributed by atoms with Crippen LogP contribution in [0.4, 0.5) is 0 Å². The van der Waals surface area contributed by atoms with Crippen molar-refractivity contribution in [3.63, 3.8) is 0 Å². The Morgan fingerprint density at radius 1 is 1.05 bits per heavy atom. The normalized spacial score (nSPS) is 40.1. The van der Waals surface area contributed by atoms with E-state index >= 15 is 0 Å². The van der Waals surface area contributed by atoms with E-state index in [9.17, 15) is 9.59 Å². The molecule has 0 aromatic heterocycles. The van der Waals surface area contributed by atoms with Gasteiger partial charge in [0.2, 0.25) is 0 Å². The number of Topliss-reactive ketones (excluding diaryl/α,β-unsaturated/α-hetero) is 1. The minimum absolute atomic E-state index is 0.0412. The third-order valence-electron chi connectivity index (χ3n) is 6.44. The Morgan fingerprint density at radius 3 is 2.75 bits per heavy atom. The SMILES string of the molecule is C[C@@]12CCC3=C4CCC(=O)C=C4CC[C@H]3[C@@H]1CCC2=O. The van der Waals surface area contributed by atoms with Gasteiger partial charge >= 0.3 is 0 Å². The summed E-state index contributed by atoms with van der Waals surface area (Å²) in [5, 5.41) is 0. The van der Waals surface area contributed by atoms with E-state index < -0.39 is 0 Å². The Kier molecular flexibility index (Phi) is 2.61. The van der Waals surface area contributed by atoms with Gasteiger partial charge in [-0.25, -0.2) is 0 Å². The van der Waals surface area contributed by atoms with Crippen LogP contribution in [0.2, 0.25) is 0 Å². The Morgan fingerprint density at radius 2 is 1.90 bits per heavy atom. The highest BCUT2D eigenvalue weighted by molar-refractivity contribution is 5.93. The maximum absolute atomic E-state index is 12.3. The molecule has 0 aliphatic heterocycles. The van der Waals surface area contributed by atoms with Gasteiger partial charge in [-0.3, -0.25) is 9.59 Å². The van der Waals surface area contributed by atoms with Crippen molar-refractivity contribution in [2.45, 2.75) is 58.3 Å². The zero-order valence-corrected chi connectivity index (χ0v) is 12.2. The fourth-order valence-corrected chi connectivity index (χ4v) is 5.30. The predicted octanol–water partition coefficient (Wildman–Crippen LogP) is 3.76. The summed E-state index contributed by atoms with van der Waals surface area (Å²) < 4.78 is 0. The zero-order chi connectivity index (χ0) is 13.9. The van der Waals surface area contributed by atoms with Crippen LogP contribution in [0.25, 0.3) is 0 Å². The summed E-state index contributed by atoms with van der Waals surface area (Å²) in [4.78, 5) is 23.9. The van der Waals surface area contributed by atoms with Crippen molar-refractivity contribution in [3.8, 4) is 0 Å². The van der Waals surface area contributed by atoms with Crippen molar-refractivity contribution in [1.29, 1.82) is 0 Å². The van der Waals surface area contributed by atoms with E-state index in [1.54, 1.807) is 5.57 Å². The summed E-state index contributed by atoms with van der Waals surface area (Å²) in [5.74, 6) is 2.01. The Hall–Kier alpha value is -1.18. The summed E-state index contributed by atoms with van der Waals surface area (Å²) in [6.07, 6.45) is 9.76. The Labute approximate surface area is 120 Å². The molecule has 0 aromatic carbocycles. The van der Waals surface area contributed by atoms with Gasteiger partial charge in [-0.05, 0) is 67.6 Å². The lowest BCUT2D eigenvalue weighted by atomic mass is 9.57. The molecule has 0 amide bonds. The van der Waals surface area contributed by atoms with Crippen molar-refractivity contribution in [2.24, 2.45) is 17.3 Å². The fraction of sp³-hybridized carbons (Fsp3) is 0.667. The van der Waals surface area contributed by atoms with E-state index in [0.717, 1.165) is 44.9 Å². The molecule has 2 saturated carbocycles. The topological polar surface area (TPSA) is 34.1 Å². The summed E-state index contributed by atoms with van der Waals surface area (Å²) in [6, 6.07) is 0. The summed E-state index contributed by atoms with van der Waals surface area (Å²) in [6.45, 7) is 2.21. The van der Waals surface area contributed by atoms with Crippen LogP contribution in [0.15, 0.2) is 22.8 Å². The first-order chi connectivity index (χ1) is 9.59. The number of fused-ring (bicyclic) bond motifs is 4. The molecule has 106 valence electrons. The Bertz CT molecular complexity index is 566. The van der Waals surface area contributed by atoms with Crippen LogP contribution in [0.1, 0.15) is 58.3 Å². The molecule has 2 heteroatoms. The number of carbonyl (C=O) groups excluding carboxylic acids is 2. The van der Waals surface area contributed by atoms with E-state index in [4.69, 9.17) is 0 Å². The lowest BCUT2D eigenvalue weighted by molar-refractivity contribution is -0.128. The minimum atomic E-state index is -0.0412. The number of hydrogen-bond donors (Lipinski definition) is 0. The molecular weight excluding hydrogens is 248 g/mol. The predicted molar refractivity (Wildman–Crippen MR) is 77.1 cm³/mol. The maximum atomic E-state index is 12.3. The molecule has 0 radical (unpaired) electrons. The van der Waals surface area contributed by atoms with Crippen LogP contribution in [0.5, 0.6) is 0 Å². The van der Waals surface area contributed by atoms with Gasteiger partial charge in [-0.1, -0.05) is 12.5 Å². The Balaban J connectivity index is 1.76. The summed E-state index contributed by atoms with van der Waals surface area (Å²) >= 11 is 0. The largest absolute Gasteiger partial charge is 0.299 e. The fourth-order valence-electron chi connectivity index (χ4n) is 5.30. The van der Waals surface area contributed by atoms with Gasteiger partial charge in [-0.2, -0.15) is 0 Å². The van der Waals surface area contributed by atoms with Crippen LogP contribution in [-0.2, 0) is 9.59 Å². The molecule has 4 aliphatic carbocycles. The molecule has 0 spiro atoms. The average molecular weight is 270 g/mol. The first-order valence-corrected chi connectivity index (χ1v) is 8.08. The maximum Gasteiger partial charge on any atom is 0.156 e. The van der Waals surface area contributed by atoms with Gasteiger partial charge in [0.25, 0.3) is 0 Å². The first kappa shape index (κ1) is 12.6. The molecule has 0 saturated heterocycles. The van der Waals surface area contributed by atoms with Crippen molar-refractivity contribution >= 4 is 11.6 Å². The van der Waals surface area contributed by atoms with Crippen LogP contribution in [0, 0.1) is 17.3 Å². The number of allylic oxidation sites excluding steroid dienone is 4. The van der Waals surface area contributed by atoms with Crippen LogP contribution in [-0.4, -0.2) is 11.6 Å². The molecule has 0 unspecified atom stereocenters. The van der Waals surface area contributed by atoms with Crippen LogP contribution >= 0.6 is 0 Å². The number of ketones is 2. The molecule has 2 nitrogen and oxygen atoms in total. The van der Waals surface area contributed by atoms with Crippen molar-refractivity contribution < 1.29 is 9.59 Å². The number of rotatable bonds is 0. The smallest absolute Gasteiger partial charge is 0.156 e. The second-order valence-electron chi connectivity index (χ2n) is 7.27. The summed E-state index contributed by atoms with van der Waals surface area (Å²) in [5.41, 5.74) is 4.40. The molecule has 2 fully saturated rings. The van der Waals surface area contributed by atoms with E-state index in [-0.39, 0.29) is 5.41 Å². The molecule has 4 aliphatic rings. The van der Waals surface area contributed by atoms with Gasteiger partial charge in [0, 0.05) is 18.3 Å². The molecule has 0 heterocycles. The minimum Gasteiger partial charge on any atom is -0.299 e. The van der Waals surface area contributed by atoms with Crippen LogP contribution in [0.3, 0.4) is 0 Å². The average Bonchev–Trinajstić information content (AvgIpc) is 2.74. The highest BCUT2D eigenvalue weighted by atomic mass is 16.1. The highest BCUT2D eigenvalue weighted by Gasteiger charge is 2.53. The van der Waals surface area contributed by atoms with E-state index in [2.05, 4.69) is 6.92 Å². The van der Waals surface area contributed by atoms with Gasteiger partial charge in [0.15, 0.2) is 5.78 Å². The standard InChI is InChI=1S/C18H22O2/c1-18-9-8-14-13-5-3-12(19)10-11(13)2-4-15(14)16(18)6-7-17(18)20/h10,15-16H,2-9H2,1H3/t15-,16+,18-/m1/s1. The van der Waals surface area contributed by atoms with Gasteiger partial charge in [0.05, 0.1) is 0 Å². The summed E-state index contributed by atoms with van der Waals surface area (Å²) in [7, 11) is 0. The molecular formula is C18H22O2. The van der Waals surface area contributed by atoms with Crippen LogP contribution < -0.4 is 0 Å². The van der Waals surface area contributed by atoms with Crippen molar-refractivity contribution in [2.75, 3.05) is 0 Å². The zero-order valence-electron chi connectivity index (χ0n) is 12.2. The molecule has 0 N–H and O–H groups in total. The monoisotopic (exact) mass is 270 g/mol. The van der Waals surface area contributed by atoms with E-state index in [1.165, 1.54) is 11.1 Å². The lowest BCUT2D eigenvalue weighted by Gasteiger charge is -2.46. The van der Waals surface area contributed by atoms with Gasteiger partial charge in [0.1, 0.15) is 5.78 Å². The van der Waals surface area contributed by atoms with Gasteiger partial charge in [-0.15, -0.1) is 0 Å². The van der Waals surface area contributed by atoms with E-state index in [0.29, 0.717) is 29.8 Å². The second-order valence-corrected chi connectivity index (χ2v) is 7.27. The third-order valence-corrected chi connectivity index (χ3v) is 6.44. The first-order valence-electron chi connectivity index (χ1n) is 8.08. The van der Waals surface area contributed by atoms with Crippen molar-refractivity contribution in [1.82, 2.24) is 0 Å². The highest BCUT2D eigenvalue weighted by Crippen LogP contribution is 2.58. The van der Waals surface area contributed by atoms with Gasteiger partial charge < -0.3 is 0 Å². The molecule has 20 heavy (non-hydrogen) atoms. The second kappa shape index (κ2) is 4.16. The molecule has 0 aromatic rings. The quantitative estimate of drug-likeness (QED) is 0.671. The molecule has 3 atom stereocenters. The lowest BCUT2D eigenvalue weighted by Crippen LogP contribution is -2.40. The number of hydrogen-bond acceptors (Lipinski definition) is 2. The third kappa shape index (κ3) is 1.57. The number of carbonyl (C=O) groups is 2. The molecule has 0 bridgehead atoms. The molecule has 4 rings (SSSR count). The van der Waals surface area contributed by atoms with Crippen molar-refractivity contribution in [3.05, 3.63) is 22.8 Å². The van der Waals surface area contributed by atoms with E-state index in [1.807, 2.05) is 6.08 Å².